The third-order valence-corrected chi connectivity index (χ3v) is 3.76. The molecule has 5 nitrogen and oxygen atoms in total. The predicted molar refractivity (Wildman–Crippen MR) is 89.1 cm³/mol. The molecule has 0 aromatic heterocycles. The summed E-state index contributed by atoms with van der Waals surface area (Å²) < 4.78 is 12.9. The van der Waals surface area contributed by atoms with Crippen molar-refractivity contribution >= 4 is 11.6 Å². The number of nitro groups is 1. The Morgan fingerprint density at radius 1 is 1.12 bits per heavy atom. The Balaban J connectivity index is 1.77. The van der Waals surface area contributed by atoms with Gasteiger partial charge in [-0.25, -0.2) is 4.39 Å². The van der Waals surface area contributed by atoms with Crippen LogP contribution in [-0.4, -0.2) is 17.4 Å². The van der Waals surface area contributed by atoms with Crippen molar-refractivity contribution in [3.05, 3.63) is 75.6 Å². The lowest BCUT2D eigenvalue weighted by atomic mass is 10.0. The summed E-state index contributed by atoms with van der Waals surface area (Å²) in [6.07, 6.45) is 1.15. The quantitative estimate of drug-likeness (QED) is 0.625. The average molecular weight is 330 g/mol. The Bertz CT molecular complexity index is 699. The average Bonchev–Trinajstić information content (AvgIpc) is 2.57. The Morgan fingerprint density at radius 3 is 2.29 bits per heavy atom. The van der Waals surface area contributed by atoms with E-state index in [-0.39, 0.29) is 23.3 Å². The minimum absolute atomic E-state index is 0.0516. The van der Waals surface area contributed by atoms with Gasteiger partial charge >= 0.3 is 0 Å². The van der Waals surface area contributed by atoms with Crippen LogP contribution >= 0.6 is 0 Å². The van der Waals surface area contributed by atoms with Crippen LogP contribution in [0.3, 0.4) is 0 Å². The van der Waals surface area contributed by atoms with Crippen molar-refractivity contribution in [3.8, 4) is 0 Å². The molecule has 2 rings (SSSR count). The third-order valence-electron chi connectivity index (χ3n) is 3.76. The van der Waals surface area contributed by atoms with Gasteiger partial charge < -0.3 is 5.32 Å². The van der Waals surface area contributed by atoms with Crippen molar-refractivity contribution in [3.63, 3.8) is 0 Å². The molecule has 0 saturated carbocycles. The highest BCUT2D eigenvalue weighted by Crippen LogP contribution is 2.12. The molecule has 0 aliphatic rings. The van der Waals surface area contributed by atoms with Crippen LogP contribution in [0.15, 0.2) is 48.5 Å². The number of carbonyl (C=O) groups excluding carboxylic acids is 1. The van der Waals surface area contributed by atoms with E-state index in [0.29, 0.717) is 19.4 Å². The summed E-state index contributed by atoms with van der Waals surface area (Å²) in [7, 11) is 0. The number of rotatable bonds is 7. The first-order chi connectivity index (χ1) is 11.5. The van der Waals surface area contributed by atoms with Crippen LogP contribution < -0.4 is 5.32 Å². The molecule has 0 spiro atoms. The summed E-state index contributed by atoms with van der Waals surface area (Å²) in [5.74, 6) is -0.576. The van der Waals surface area contributed by atoms with Crippen LogP contribution in [-0.2, 0) is 17.6 Å². The maximum atomic E-state index is 12.9. The van der Waals surface area contributed by atoms with Crippen LogP contribution in [0.5, 0.6) is 0 Å². The summed E-state index contributed by atoms with van der Waals surface area (Å²) in [6.45, 7) is 2.29. The second kappa shape index (κ2) is 8.19. The van der Waals surface area contributed by atoms with E-state index < -0.39 is 4.92 Å². The number of nitrogens with zero attached hydrogens (tertiary/aromatic N) is 1. The number of nitro benzene ring substituents is 1. The smallest absolute Gasteiger partial charge is 0.269 e. The minimum Gasteiger partial charge on any atom is -0.356 e. The van der Waals surface area contributed by atoms with Crippen LogP contribution in [0, 0.1) is 21.8 Å². The summed E-state index contributed by atoms with van der Waals surface area (Å²) in [5, 5.41) is 13.4. The molecule has 0 fully saturated rings. The number of non-ortho nitro benzene ring substituents is 1. The van der Waals surface area contributed by atoms with E-state index in [2.05, 4.69) is 5.32 Å². The second-order valence-electron chi connectivity index (χ2n) is 5.70. The Morgan fingerprint density at radius 2 is 1.71 bits per heavy atom. The fourth-order valence-electron chi connectivity index (χ4n) is 2.36. The molecule has 24 heavy (non-hydrogen) atoms. The van der Waals surface area contributed by atoms with Gasteiger partial charge in [0, 0.05) is 24.6 Å². The van der Waals surface area contributed by atoms with E-state index in [1.165, 1.54) is 24.3 Å². The minimum atomic E-state index is -0.442. The van der Waals surface area contributed by atoms with E-state index in [4.69, 9.17) is 0 Å². The third kappa shape index (κ3) is 5.15. The summed E-state index contributed by atoms with van der Waals surface area (Å²) >= 11 is 0. The Hall–Kier alpha value is -2.76. The van der Waals surface area contributed by atoms with Gasteiger partial charge in [-0.05, 0) is 36.1 Å². The van der Waals surface area contributed by atoms with Gasteiger partial charge in [0.05, 0.1) is 4.92 Å². The van der Waals surface area contributed by atoms with Gasteiger partial charge in [-0.3, -0.25) is 14.9 Å². The molecular weight excluding hydrogens is 311 g/mol. The maximum Gasteiger partial charge on any atom is 0.269 e. The summed E-state index contributed by atoms with van der Waals surface area (Å²) in [5.41, 5.74) is 1.89. The number of amides is 1. The first-order valence-electron chi connectivity index (χ1n) is 7.71. The van der Waals surface area contributed by atoms with Crippen LogP contribution in [0.25, 0.3) is 0 Å². The van der Waals surface area contributed by atoms with Crippen molar-refractivity contribution < 1.29 is 14.1 Å². The largest absolute Gasteiger partial charge is 0.356 e. The second-order valence-corrected chi connectivity index (χ2v) is 5.70. The number of hydrogen-bond acceptors (Lipinski definition) is 3. The van der Waals surface area contributed by atoms with Crippen LogP contribution in [0.1, 0.15) is 18.1 Å². The Labute approximate surface area is 139 Å². The topological polar surface area (TPSA) is 72.2 Å². The lowest BCUT2D eigenvalue weighted by molar-refractivity contribution is -0.384. The van der Waals surface area contributed by atoms with Crippen molar-refractivity contribution in [1.82, 2.24) is 5.32 Å². The monoisotopic (exact) mass is 330 g/mol. The number of hydrogen-bond donors (Lipinski definition) is 1. The highest BCUT2D eigenvalue weighted by molar-refractivity contribution is 5.78. The molecule has 0 radical (unpaired) electrons. The predicted octanol–water partition coefficient (Wildman–Crippen LogP) is 3.27. The first kappa shape index (κ1) is 17.6. The highest BCUT2D eigenvalue weighted by atomic mass is 19.1. The standard InChI is InChI=1S/C18H19FN2O3/c1-13(12-15-2-6-16(19)7-3-15)18(22)20-11-10-14-4-8-17(9-5-14)21(23)24/h2-9,13H,10-12H2,1H3,(H,20,22). The van der Waals surface area contributed by atoms with Gasteiger partial charge in [-0.2, -0.15) is 0 Å². The van der Waals surface area contributed by atoms with E-state index in [1.54, 1.807) is 24.3 Å². The van der Waals surface area contributed by atoms with E-state index in [0.717, 1.165) is 11.1 Å². The van der Waals surface area contributed by atoms with Gasteiger partial charge in [0.2, 0.25) is 5.91 Å². The lowest BCUT2D eigenvalue weighted by Gasteiger charge is -2.12. The van der Waals surface area contributed by atoms with Gasteiger partial charge in [0.25, 0.3) is 5.69 Å². The number of halogens is 1. The molecule has 6 heteroatoms. The van der Waals surface area contributed by atoms with Crippen LogP contribution in [0.4, 0.5) is 10.1 Å². The van der Waals surface area contributed by atoms with Gasteiger partial charge in [0.15, 0.2) is 0 Å². The van der Waals surface area contributed by atoms with E-state index in [1.807, 2.05) is 6.92 Å². The molecule has 0 aliphatic carbocycles. The van der Waals surface area contributed by atoms with Crippen molar-refractivity contribution in [2.75, 3.05) is 6.54 Å². The maximum absolute atomic E-state index is 12.9. The van der Waals surface area contributed by atoms with Gasteiger partial charge in [0.1, 0.15) is 5.82 Å². The molecule has 0 bridgehead atoms. The molecule has 1 unspecified atom stereocenters. The number of nitrogens with one attached hydrogen (secondary N) is 1. The van der Waals surface area contributed by atoms with E-state index >= 15 is 0 Å². The van der Waals surface area contributed by atoms with Gasteiger partial charge in [-0.15, -0.1) is 0 Å². The van der Waals surface area contributed by atoms with Crippen molar-refractivity contribution in [1.29, 1.82) is 0 Å². The zero-order chi connectivity index (χ0) is 17.5. The normalized spacial score (nSPS) is 11.8. The van der Waals surface area contributed by atoms with Crippen molar-refractivity contribution in [2.45, 2.75) is 19.8 Å². The molecule has 1 amide bonds. The van der Waals surface area contributed by atoms with E-state index in [9.17, 15) is 19.3 Å². The molecule has 1 N–H and O–H groups in total. The van der Waals surface area contributed by atoms with Crippen molar-refractivity contribution in [2.24, 2.45) is 5.92 Å². The SMILES string of the molecule is CC(Cc1ccc(F)cc1)C(=O)NCCc1ccc([N+](=O)[O-])cc1. The number of carbonyl (C=O) groups is 1. The van der Waals surface area contributed by atoms with Gasteiger partial charge in [-0.1, -0.05) is 31.2 Å². The number of benzene rings is 2. The summed E-state index contributed by atoms with van der Waals surface area (Å²) in [6, 6.07) is 12.4. The first-order valence-corrected chi connectivity index (χ1v) is 7.71. The lowest BCUT2D eigenvalue weighted by Crippen LogP contribution is -2.31. The highest BCUT2D eigenvalue weighted by Gasteiger charge is 2.13. The fraction of sp³-hybridized carbons (Fsp3) is 0.278. The van der Waals surface area contributed by atoms with Crippen LogP contribution in [0.2, 0.25) is 0 Å². The molecule has 0 heterocycles. The molecule has 0 aliphatic heterocycles. The molecule has 1 atom stereocenters. The summed E-state index contributed by atoms with van der Waals surface area (Å²) in [4.78, 5) is 22.2. The zero-order valence-electron chi connectivity index (χ0n) is 13.4. The molecule has 2 aromatic rings. The Kier molecular flexibility index (Phi) is 6.01. The fourth-order valence-corrected chi connectivity index (χ4v) is 2.36. The zero-order valence-corrected chi connectivity index (χ0v) is 13.4. The molecule has 2 aromatic carbocycles. The molecule has 0 saturated heterocycles. The molecular formula is C18H19FN2O3. The molecule has 126 valence electrons.